The second-order valence-corrected chi connectivity index (χ2v) is 5.98. The van der Waals surface area contributed by atoms with E-state index >= 15 is 0 Å². The number of fused-ring (bicyclic) bond motifs is 1. The summed E-state index contributed by atoms with van der Waals surface area (Å²) in [7, 11) is 0. The summed E-state index contributed by atoms with van der Waals surface area (Å²) in [5, 5.41) is 0.218. The molecule has 0 fully saturated rings. The molecule has 1 heterocycles. The number of amides is 1. The zero-order valence-corrected chi connectivity index (χ0v) is 13.7. The lowest BCUT2D eigenvalue weighted by atomic mass is 10.2. The quantitative estimate of drug-likeness (QED) is 0.797. The summed E-state index contributed by atoms with van der Waals surface area (Å²) in [4.78, 5) is 26.2. The summed E-state index contributed by atoms with van der Waals surface area (Å²) in [6.07, 6.45) is -0.270. The summed E-state index contributed by atoms with van der Waals surface area (Å²) < 4.78 is 18.8. The highest BCUT2D eigenvalue weighted by Crippen LogP contribution is 2.28. The molecule has 1 atom stereocenters. The maximum absolute atomic E-state index is 13.7. The number of rotatable bonds is 3. The number of hydrogen-bond donors (Lipinski definition) is 0. The van der Waals surface area contributed by atoms with Gasteiger partial charge in [0.25, 0.3) is 5.91 Å². The van der Waals surface area contributed by atoms with Gasteiger partial charge in [0.15, 0.2) is 6.10 Å². The molecule has 1 aliphatic heterocycles. The molecule has 24 heavy (non-hydrogen) atoms. The van der Waals surface area contributed by atoms with E-state index in [1.165, 1.54) is 19.1 Å². The SMILES string of the molecule is C[C@H](OC(=O)c1cc(Cl)ccc1F)C(=O)N1CCc2ccccc21. The fraction of sp³-hybridized carbons (Fsp3) is 0.222. The fourth-order valence-corrected chi connectivity index (χ4v) is 2.89. The molecule has 0 spiro atoms. The van der Waals surface area contributed by atoms with Crippen molar-refractivity contribution in [2.75, 3.05) is 11.4 Å². The van der Waals surface area contributed by atoms with Crippen LogP contribution >= 0.6 is 11.6 Å². The van der Waals surface area contributed by atoms with E-state index in [1.807, 2.05) is 24.3 Å². The van der Waals surface area contributed by atoms with Crippen LogP contribution in [0.1, 0.15) is 22.8 Å². The van der Waals surface area contributed by atoms with Crippen molar-refractivity contribution in [2.45, 2.75) is 19.4 Å². The highest BCUT2D eigenvalue weighted by Gasteiger charge is 2.30. The van der Waals surface area contributed by atoms with Crippen LogP contribution in [0.3, 0.4) is 0 Å². The Bertz CT molecular complexity index is 809. The lowest BCUT2D eigenvalue weighted by Crippen LogP contribution is -2.39. The Balaban J connectivity index is 1.73. The average molecular weight is 348 g/mol. The van der Waals surface area contributed by atoms with E-state index in [1.54, 1.807) is 4.90 Å². The first kappa shape index (κ1) is 16.5. The minimum Gasteiger partial charge on any atom is -0.449 e. The van der Waals surface area contributed by atoms with E-state index in [0.717, 1.165) is 23.7 Å². The van der Waals surface area contributed by atoms with Crippen molar-refractivity contribution in [3.8, 4) is 0 Å². The third-order valence-corrected chi connectivity index (χ3v) is 4.17. The van der Waals surface area contributed by atoms with E-state index in [-0.39, 0.29) is 16.5 Å². The van der Waals surface area contributed by atoms with E-state index in [0.29, 0.717) is 6.54 Å². The summed E-state index contributed by atoms with van der Waals surface area (Å²) in [5.74, 6) is -1.99. The fourth-order valence-electron chi connectivity index (χ4n) is 2.71. The second kappa shape index (κ2) is 6.61. The molecule has 0 saturated carbocycles. The Morgan fingerprint density at radius 2 is 2.00 bits per heavy atom. The first-order chi connectivity index (χ1) is 11.5. The van der Waals surface area contributed by atoms with Gasteiger partial charge < -0.3 is 9.64 Å². The maximum Gasteiger partial charge on any atom is 0.341 e. The van der Waals surface area contributed by atoms with Crippen LogP contribution in [0.5, 0.6) is 0 Å². The molecule has 124 valence electrons. The number of ether oxygens (including phenoxy) is 1. The zero-order chi connectivity index (χ0) is 17.3. The van der Waals surface area contributed by atoms with Crippen molar-refractivity contribution in [3.63, 3.8) is 0 Å². The van der Waals surface area contributed by atoms with Crippen molar-refractivity contribution in [3.05, 3.63) is 64.4 Å². The van der Waals surface area contributed by atoms with E-state index in [4.69, 9.17) is 16.3 Å². The normalized spacial score (nSPS) is 14.2. The molecule has 0 aliphatic carbocycles. The Labute approximate surface area is 143 Å². The van der Waals surface area contributed by atoms with Gasteiger partial charge in [-0.2, -0.15) is 0 Å². The molecular weight excluding hydrogens is 333 g/mol. The van der Waals surface area contributed by atoms with Gasteiger partial charge in [-0.25, -0.2) is 9.18 Å². The Hall–Kier alpha value is -2.40. The number of para-hydroxylation sites is 1. The van der Waals surface area contributed by atoms with Crippen LogP contribution in [0.25, 0.3) is 0 Å². The first-order valence-corrected chi connectivity index (χ1v) is 7.90. The molecule has 1 amide bonds. The number of carbonyl (C=O) groups is 2. The molecule has 3 rings (SSSR count). The molecule has 0 bridgehead atoms. The second-order valence-electron chi connectivity index (χ2n) is 5.54. The third-order valence-electron chi connectivity index (χ3n) is 3.93. The number of benzene rings is 2. The van der Waals surface area contributed by atoms with Gasteiger partial charge in [-0.1, -0.05) is 29.8 Å². The number of nitrogens with zero attached hydrogens (tertiary/aromatic N) is 1. The van der Waals surface area contributed by atoms with Gasteiger partial charge in [0.1, 0.15) is 5.82 Å². The predicted octanol–water partition coefficient (Wildman–Crippen LogP) is 3.61. The molecule has 4 nitrogen and oxygen atoms in total. The number of anilines is 1. The molecule has 0 unspecified atom stereocenters. The van der Waals surface area contributed by atoms with Gasteiger partial charge in [-0.15, -0.1) is 0 Å². The Morgan fingerprint density at radius 3 is 2.79 bits per heavy atom. The number of hydrogen-bond acceptors (Lipinski definition) is 3. The standard InChI is InChI=1S/C18H15ClFNO3/c1-11(24-18(23)14-10-13(19)6-7-15(14)20)17(22)21-9-8-12-4-2-3-5-16(12)21/h2-7,10-11H,8-9H2,1H3/t11-/m0/s1. The van der Waals surface area contributed by atoms with Crippen LogP contribution < -0.4 is 4.90 Å². The van der Waals surface area contributed by atoms with Crippen molar-refractivity contribution in [1.82, 2.24) is 0 Å². The van der Waals surface area contributed by atoms with Crippen LogP contribution in [-0.2, 0) is 16.0 Å². The maximum atomic E-state index is 13.7. The van der Waals surface area contributed by atoms with Crippen molar-refractivity contribution < 1.29 is 18.7 Å². The highest BCUT2D eigenvalue weighted by molar-refractivity contribution is 6.30. The zero-order valence-electron chi connectivity index (χ0n) is 13.0. The monoisotopic (exact) mass is 347 g/mol. The predicted molar refractivity (Wildman–Crippen MR) is 88.8 cm³/mol. The Kier molecular flexibility index (Phi) is 4.53. The summed E-state index contributed by atoms with van der Waals surface area (Å²) in [6, 6.07) is 11.2. The molecule has 0 radical (unpaired) electrons. The summed E-state index contributed by atoms with van der Waals surface area (Å²) in [6.45, 7) is 2.01. The van der Waals surface area contributed by atoms with Crippen molar-refractivity contribution in [1.29, 1.82) is 0 Å². The van der Waals surface area contributed by atoms with Gasteiger partial charge in [0.05, 0.1) is 5.56 Å². The molecule has 2 aromatic carbocycles. The van der Waals surface area contributed by atoms with E-state index < -0.39 is 17.9 Å². The highest BCUT2D eigenvalue weighted by atomic mass is 35.5. The van der Waals surface area contributed by atoms with Crippen LogP contribution in [-0.4, -0.2) is 24.5 Å². The number of esters is 1. The summed E-state index contributed by atoms with van der Waals surface area (Å²) >= 11 is 5.77. The minimum atomic E-state index is -1.03. The minimum absolute atomic E-state index is 0.218. The van der Waals surface area contributed by atoms with Gasteiger partial charge in [-0.3, -0.25) is 4.79 Å². The number of carbonyl (C=O) groups excluding carboxylic acids is 2. The molecule has 2 aromatic rings. The smallest absolute Gasteiger partial charge is 0.341 e. The summed E-state index contributed by atoms with van der Waals surface area (Å²) in [5.41, 5.74) is 1.61. The van der Waals surface area contributed by atoms with Gasteiger partial charge in [0, 0.05) is 17.3 Å². The lowest BCUT2D eigenvalue weighted by Gasteiger charge is -2.21. The number of halogens is 2. The largest absolute Gasteiger partial charge is 0.449 e. The van der Waals surface area contributed by atoms with E-state index in [9.17, 15) is 14.0 Å². The van der Waals surface area contributed by atoms with Crippen LogP contribution in [0, 0.1) is 5.82 Å². The molecule has 0 N–H and O–H groups in total. The van der Waals surface area contributed by atoms with Crippen molar-refractivity contribution in [2.24, 2.45) is 0 Å². The molecule has 0 aromatic heterocycles. The van der Waals surface area contributed by atoms with Gasteiger partial charge in [0.2, 0.25) is 0 Å². The Morgan fingerprint density at radius 1 is 1.25 bits per heavy atom. The molecule has 0 saturated heterocycles. The van der Waals surface area contributed by atoms with Crippen LogP contribution in [0.2, 0.25) is 5.02 Å². The van der Waals surface area contributed by atoms with Crippen molar-refractivity contribution >= 4 is 29.2 Å². The molecular formula is C18H15ClFNO3. The van der Waals surface area contributed by atoms with Crippen LogP contribution in [0.15, 0.2) is 42.5 Å². The van der Waals surface area contributed by atoms with Gasteiger partial charge >= 0.3 is 5.97 Å². The van der Waals surface area contributed by atoms with Crippen LogP contribution in [0.4, 0.5) is 10.1 Å². The topological polar surface area (TPSA) is 46.6 Å². The molecule has 1 aliphatic rings. The van der Waals surface area contributed by atoms with E-state index in [2.05, 4.69) is 0 Å². The molecule has 6 heteroatoms. The lowest BCUT2D eigenvalue weighted by molar-refractivity contribution is -0.126. The third kappa shape index (κ3) is 3.12. The first-order valence-electron chi connectivity index (χ1n) is 7.52. The average Bonchev–Trinajstić information content (AvgIpc) is 3.00. The van der Waals surface area contributed by atoms with Gasteiger partial charge in [-0.05, 0) is 43.2 Å².